The van der Waals surface area contributed by atoms with E-state index in [1.807, 2.05) is 34.9 Å². The van der Waals surface area contributed by atoms with Crippen LogP contribution in [0, 0.1) is 0 Å². The summed E-state index contributed by atoms with van der Waals surface area (Å²) < 4.78 is 24.0. The zero-order chi connectivity index (χ0) is 23.6. The van der Waals surface area contributed by atoms with Crippen molar-refractivity contribution in [3.05, 3.63) is 42.2 Å². The van der Waals surface area contributed by atoms with Crippen molar-refractivity contribution in [3.63, 3.8) is 0 Å². The second kappa shape index (κ2) is 12.4. The van der Waals surface area contributed by atoms with Gasteiger partial charge in [0.2, 0.25) is 11.8 Å². The number of nitrogens with one attached hydrogen (secondary N) is 1. The summed E-state index contributed by atoms with van der Waals surface area (Å²) in [4.78, 5) is 24.6. The lowest BCUT2D eigenvalue weighted by Crippen LogP contribution is -2.33. The number of aromatic nitrogens is 4. The first kappa shape index (κ1) is 24.8. The van der Waals surface area contributed by atoms with Crippen molar-refractivity contribution in [2.24, 2.45) is 0 Å². The minimum Gasteiger partial charge on any atom is -0.479 e. The average Bonchev–Trinajstić information content (AvgIpc) is 3.22. The molecule has 11 nitrogen and oxygen atoms in total. The molecule has 12 heteroatoms. The number of hydrogen-bond donors (Lipinski definition) is 2. The highest BCUT2D eigenvalue weighted by molar-refractivity contribution is 7.50. The van der Waals surface area contributed by atoms with Crippen LogP contribution >= 0.6 is 8.30 Å². The van der Waals surface area contributed by atoms with E-state index in [9.17, 15) is 4.79 Å². The SMILES string of the molecule is CCOC(=O)[C@@H](C)N[P@](COCCn1cnc2c(OC)nc(N)nc21)OCc1ccccc1. The van der Waals surface area contributed by atoms with Crippen LogP contribution in [0.4, 0.5) is 5.95 Å². The Morgan fingerprint density at radius 3 is 2.79 bits per heavy atom. The molecule has 0 radical (unpaired) electrons. The maximum absolute atomic E-state index is 12.0. The third-order valence-corrected chi connectivity index (χ3v) is 6.07. The summed E-state index contributed by atoms with van der Waals surface area (Å²) in [5.41, 5.74) is 7.90. The van der Waals surface area contributed by atoms with Crippen LogP contribution in [0.1, 0.15) is 19.4 Å². The Balaban J connectivity index is 1.57. The molecular weight excluding hydrogens is 447 g/mol. The molecule has 0 amide bonds. The molecule has 2 atom stereocenters. The Labute approximate surface area is 193 Å². The fraction of sp³-hybridized carbons (Fsp3) is 0.429. The number of fused-ring (bicyclic) bond motifs is 1. The van der Waals surface area contributed by atoms with Gasteiger partial charge in [-0.05, 0) is 19.4 Å². The van der Waals surface area contributed by atoms with Crippen LogP contribution in [0.3, 0.4) is 0 Å². The molecule has 0 saturated carbocycles. The van der Waals surface area contributed by atoms with Crippen LogP contribution in [-0.4, -0.2) is 58.2 Å². The van der Waals surface area contributed by atoms with E-state index >= 15 is 0 Å². The van der Waals surface area contributed by atoms with E-state index in [2.05, 4.69) is 20.0 Å². The minimum absolute atomic E-state index is 0.108. The fourth-order valence-corrected chi connectivity index (χ4v) is 4.29. The highest BCUT2D eigenvalue weighted by atomic mass is 31.2. The number of nitrogen functional groups attached to an aromatic ring is 1. The van der Waals surface area contributed by atoms with Gasteiger partial charge in [0.1, 0.15) is 20.7 Å². The molecule has 0 aliphatic heterocycles. The number of anilines is 1. The molecular formula is C21H29N6O5P. The van der Waals surface area contributed by atoms with E-state index in [0.717, 1.165) is 5.56 Å². The molecule has 0 spiro atoms. The molecule has 3 rings (SSSR count). The molecule has 0 unspecified atom stereocenters. The monoisotopic (exact) mass is 476 g/mol. The third kappa shape index (κ3) is 7.06. The summed E-state index contributed by atoms with van der Waals surface area (Å²) in [6.45, 7) is 5.11. The van der Waals surface area contributed by atoms with Gasteiger partial charge >= 0.3 is 5.97 Å². The Morgan fingerprint density at radius 1 is 1.27 bits per heavy atom. The Kier molecular flexibility index (Phi) is 9.32. The quantitative estimate of drug-likeness (QED) is 0.215. The Morgan fingerprint density at radius 2 is 2.06 bits per heavy atom. The second-order valence-electron chi connectivity index (χ2n) is 6.98. The molecule has 0 bridgehead atoms. The van der Waals surface area contributed by atoms with Crippen LogP contribution in [0.5, 0.6) is 5.88 Å². The second-order valence-corrected chi connectivity index (χ2v) is 8.51. The predicted octanol–water partition coefficient (Wildman–Crippen LogP) is 2.46. The smallest absolute Gasteiger partial charge is 0.323 e. The van der Waals surface area contributed by atoms with Gasteiger partial charge in [-0.3, -0.25) is 9.88 Å². The maximum Gasteiger partial charge on any atom is 0.323 e. The molecule has 0 saturated heterocycles. The number of nitrogens with zero attached hydrogens (tertiary/aromatic N) is 4. The van der Waals surface area contributed by atoms with Gasteiger partial charge < -0.3 is 29.0 Å². The highest BCUT2D eigenvalue weighted by Crippen LogP contribution is 2.34. The predicted molar refractivity (Wildman–Crippen MR) is 124 cm³/mol. The third-order valence-electron chi connectivity index (χ3n) is 4.54. The number of hydrogen-bond acceptors (Lipinski definition) is 10. The van der Waals surface area contributed by atoms with Crippen molar-refractivity contribution in [1.29, 1.82) is 0 Å². The van der Waals surface area contributed by atoms with Gasteiger partial charge in [0.15, 0.2) is 11.2 Å². The van der Waals surface area contributed by atoms with E-state index < -0.39 is 14.3 Å². The molecule has 178 valence electrons. The van der Waals surface area contributed by atoms with E-state index in [4.69, 9.17) is 24.5 Å². The largest absolute Gasteiger partial charge is 0.479 e. The zero-order valence-electron chi connectivity index (χ0n) is 18.9. The van der Waals surface area contributed by atoms with Crippen molar-refractivity contribution in [3.8, 4) is 5.88 Å². The molecule has 0 fully saturated rings. The average molecular weight is 476 g/mol. The number of rotatable bonds is 13. The summed E-state index contributed by atoms with van der Waals surface area (Å²) >= 11 is 0. The van der Waals surface area contributed by atoms with Crippen molar-refractivity contribution < 1.29 is 23.5 Å². The number of imidazole rings is 1. The molecule has 3 aromatic rings. The van der Waals surface area contributed by atoms with Gasteiger partial charge in [-0.15, -0.1) is 0 Å². The number of carbonyl (C=O) groups is 1. The summed E-state index contributed by atoms with van der Waals surface area (Å²) in [7, 11) is 0.258. The zero-order valence-corrected chi connectivity index (χ0v) is 19.8. The van der Waals surface area contributed by atoms with E-state index in [0.29, 0.717) is 49.8 Å². The Bertz CT molecular complexity index is 1030. The number of methoxy groups -OCH3 is 1. The van der Waals surface area contributed by atoms with Gasteiger partial charge in [-0.2, -0.15) is 9.97 Å². The van der Waals surface area contributed by atoms with Crippen LogP contribution in [0.25, 0.3) is 11.2 Å². The summed E-state index contributed by atoms with van der Waals surface area (Å²) in [5, 5.41) is 3.19. The lowest BCUT2D eigenvalue weighted by atomic mass is 10.2. The van der Waals surface area contributed by atoms with Gasteiger partial charge in [-0.1, -0.05) is 30.3 Å². The van der Waals surface area contributed by atoms with Gasteiger partial charge in [0.25, 0.3) is 0 Å². The Hall–Kier alpha value is -2.85. The van der Waals surface area contributed by atoms with E-state index in [-0.39, 0.29) is 11.9 Å². The van der Waals surface area contributed by atoms with Crippen LogP contribution in [0.15, 0.2) is 36.7 Å². The normalized spacial score (nSPS) is 13.1. The topological polar surface area (TPSA) is 136 Å². The van der Waals surface area contributed by atoms with Crippen molar-refractivity contribution in [1.82, 2.24) is 24.6 Å². The number of esters is 1. The molecule has 0 aliphatic rings. The standard InChI is InChI=1S/C21H29N6O5P/c1-4-31-20(28)15(2)26-33(32-12-16-8-6-5-7-9-16)14-30-11-10-27-13-23-17-18(27)24-21(22)25-19(17)29-3/h5-9,13,15,26H,4,10-12,14H2,1-3H3,(H2,22,24,25)/t15-,33+/m1/s1. The highest BCUT2D eigenvalue weighted by Gasteiger charge is 2.20. The van der Waals surface area contributed by atoms with Crippen LogP contribution < -0.4 is 15.6 Å². The van der Waals surface area contributed by atoms with Crippen molar-refractivity contribution in [2.45, 2.75) is 33.0 Å². The first-order chi connectivity index (χ1) is 16.0. The fourth-order valence-electron chi connectivity index (χ4n) is 2.93. The minimum atomic E-state index is -1.25. The number of carbonyl (C=O) groups excluding carboxylic acids is 1. The lowest BCUT2D eigenvalue weighted by molar-refractivity contribution is -0.144. The first-order valence-electron chi connectivity index (χ1n) is 10.5. The molecule has 33 heavy (non-hydrogen) atoms. The van der Waals surface area contributed by atoms with Crippen molar-refractivity contribution in [2.75, 3.05) is 32.4 Å². The van der Waals surface area contributed by atoms with E-state index in [1.54, 1.807) is 20.2 Å². The van der Waals surface area contributed by atoms with Crippen molar-refractivity contribution >= 4 is 31.4 Å². The van der Waals surface area contributed by atoms with Gasteiger partial charge in [0.05, 0.1) is 33.3 Å². The number of nitrogens with two attached hydrogens (primary N) is 1. The van der Waals surface area contributed by atoms with Crippen LogP contribution in [0.2, 0.25) is 0 Å². The summed E-state index contributed by atoms with van der Waals surface area (Å²) in [6.07, 6.45) is 1.93. The van der Waals surface area contributed by atoms with Gasteiger partial charge in [0, 0.05) is 6.54 Å². The first-order valence-corrected chi connectivity index (χ1v) is 11.9. The van der Waals surface area contributed by atoms with Crippen LogP contribution in [-0.2, 0) is 31.9 Å². The van der Waals surface area contributed by atoms with E-state index in [1.165, 1.54) is 7.11 Å². The molecule has 2 heterocycles. The number of ether oxygens (including phenoxy) is 3. The molecule has 0 aliphatic carbocycles. The summed E-state index contributed by atoms with van der Waals surface area (Å²) in [6, 6.07) is 9.30. The molecule has 2 aromatic heterocycles. The summed E-state index contributed by atoms with van der Waals surface area (Å²) in [5.74, 6) is 0.105. The number of benzene rings is 1. The molecule has 3 N–H and O–H groups in total. The molecule has 1 aromatic carbocycles. The maximum atomic E-state index is 12.0. The lowest BCUT2D eigenvalue weighted by Gasteiger charge is -2.22. The van der Waals surface area contributed by atoms with Gasteiger partial charge in [-0.25, -0.2) is 4.98 Å².